The largest absolute Gasteiger partial charge is 0.486 e. The van der Waals surface area contributed by atoms with Gasteiger partial charge < -0.3 is 19.8 Å². The summed E-state index contributed by atoms with van der Waals surface area (Å²) >= 11 is 0. The van der Waals surface area contributed by atoms with E-state index in [-0.39, 0.29) is 5.91 Å². The average Bonchev–Trinajstić information content (AvgIpc) is 3.52. The molecule has 6 rings (SSSR count). The normalized spacial score (nSPS) is 12.6. The van der Waals surface area contributed by atoms with Gasteiger partial charge in [-0.15, -0.1) is 0 Å². The molecule has 1 aliphatic heterocycles. The van der Waals surface area contributed by atoms with Crippen molar-refractivity contribution in [1.29, 1.82) is 0 Å². The van der Waals surface area contributed by atoms with Gasteiger partial charge in [0, 0.05) is 29.3 Å². The predicted molar refractivity (Wildman–Crippen MR) is 177 cm³/mol. The molecule has 4 aromatic carbocycles. The van der Waals surface area contributed by atoms with Crippen molar-refractivity contribution in [2.24, 2.45) is 0 Å². The average molecular weight is 582 g/mol. The lowest BCUT2D eigenvalue weighted by Crippen LogP contribution is -2.22. The minimum atomic E-state index is -0.0952. The fraction of sp³-hybridized carbons (Fsp3) is 0.158. The Labute approximate surface area is 258 Å². The molecule has 2 N–H and O–H groups in total. The van der Waals surface area contributed by atoms with Gasteiger partial charge in [0.15, 0.2) is 11.5 Å². The highest BCUT2D eigenvalue weighted by Crippen LogP contribution is 2.37. The van der Waals surface area contributed by atoms with E-state index in [4.69, 9.17) is 14.5 Å². The minimum Gasteiger partial charge on any atom is -0.486 e. The van der Waals surface area contributed by atoms with Crippen molar-refractivity contribution in [2.75, 3.05) is 19.8 Å². The maximum atomic E-state index is 12.4. The van der Waals surface area contributed by atoms with Crippen LogP contribution in [-0.2, 0) is 11.2 Å². The number of aryl methyl sites for hydroxylation is 1. The van der Waals surface area contributed by atoms with E-state index in [1.54, 1.807) is 6.08 Å². The maximum Gasteiger partial charge on any atom is 0.243 e. The lowest BCUT2D eigenvalue weighted by Gasteiger charge is -2.18. The maximum absolute atomic E-state index is 12.4. The Kier molecular flexibility index (Phi) is 8.98. The summed E-state index contributed by atoms with van der Waals surface area (Å²) in [7, 11) is 0. The predicted octanol–water partition coefficient (Wildman–Crippen LogP) is 7.98. The molecule has 0 spiro atoms. The molecule has 0 aliphatic carbocycles. The Balaban J connectivity index is 1.20. The highest BCUT2D eigenvalue weighted by molar-refractivity contribution is 5.92. The first-order chi connectivity index (χ1) is 21.7. The van der Waals surface area contributed by atoms with E-state index in [2.05, 4.69) is 52.8 Å². The monoisotopic (exact) mass is 581 g/mol. The topological polar surface area (TPSA) is 76.2 Å². The standard InChI is InChI=1S/C38H35N3O3/c1-2-7-27-11-16-30(17-12-27)36-37(41-38(40-36)32-20-21-33-34(26-32)44-25-24-43-33)31-18-13-29(14-19-31)15-22-35(42)39-23-6-10-28-8-4-3-5-9-28/h2-5,7-9,11-22,26H,6,10,23-25H2,1H3,(H,39,42)(H,40,41)/b7-2+,22-15+. The van der Waals surface area contributed by atoms with E-state index in [0.717, 1.165) is 69.4 Å². The van der Waals surface area contributed by atoms with Crippen LogP contribution in [0, 0.1) is 0 Å². The Morgan fingerprint density at radius 1 is 0.818 bits per heavy atom. The first-order valence-electron chi connectivity index (χ1n) is 15.0. The Bertz CT molecular complexity index is 1770. The van der Waals surface area contributed by atoms with Gasteiger partial charge in [-0.25, -0.2) is 4.98 Å². The molecule has 220 valence electrons. The lowest BCUT2D eigenvalue weighted by atomic mass is 10.0. The van der Waals surface area contributed by atoms with Crippen molar-refractivity contribution < 1.29 is 14.3 Å². The molecule has 1 aliphatic rings. The molecule has 0 unspecified atom stereocenters. The number of nitrogens with zero attached hydrogens (tertiary/aromatic N) is 1. The Morgan fingerprint density at radius 2 is 1.50 bits per heavy atom. The van der Waals surface area contributed by atoms with Crippen LogP contribution in [0.5, 0.6) is 11.5 Å². The third kappa shape index (κ3) is 6.98. The number of imidazole rings is 1. The van der Waals surface area contributed by atoms with Crippen molar-refractivity contribution in [2.45, 2.75) is 19.8 Å². The fourth-order valence-electron chi connectivity index (χ4n) is 5.20. The van der Waals surface area contributed by atoms with E-state index in [9.17, 15) is 4.79 Å². The highest BCUT2D eigenvalue weighted by Gasteiger charge is 2.18. The van der Waals surface area contributed by atoms with Crippen LogP contribution in [0.25, 0.3) is 46.1 Å². The number of nitrogens with one attached hydrogen (secondary N) is 2. The SMILES string of the molecule is C/C=C/c1ccc(-c2[nH]c(-c3ccc4c(c3)OCCO4)nc2-c2ccc(/C=C/C(=O)NCCCc3ccccc3)cc2)cc1. The van der Waals surface area contributed by atoms with Gasteiger partial charge in [-0.1, -0.05) is 91.0 Å². The number of amides is 1. The quantitative estimate of drug-likeness (QED) is 0.130. The van der Waals surface area contributed by atoms with Crippen LogP contribution < -0.4 is 14.8 Å². The van der Waals surface area contributed by atoms with Crippen molar-refractivity contribution in [3.05, 3.63) is 126 Å². The number of carbonyl (C=O) groups excluding carboxylic acids is 1. The number of allylic oxidation sites excluding steroid dienone is 1. The summed E-state index contributed by atoms with van der Waals surface area (Å²) < 4.78 is 11.5. The first kappa shape index (κ1) is 28.7. The smallest absolute Gasteiger partial charge is 0.243 e. The molecule has 0 fully saturated rings. The number of hydrogen-bond acceptors (Lipinski definition) is 4. The van der Waals surface area contributed by atoms with Gasteiger partial charge >= 0.3 is 0 Å². The van der Waals surface area contributed by atoms with Crippen LogP contribution in [0.15, 0.2) is 109 Å². The molecule has 6 heteroatoms. The molecule has 44 heavy (non-hydrogen) atoms. The van der Waals surface area contributed by atoms with E-state index in [1.165, 1.54) is 5.56 Å². The minimum absolute atomic E-state index is 0.0952. The number of benzene rings is 4. The molecule has 5 aromatic rings. The van der Waals surface area contributed by atoms with Crippen molar-refractivity contribution in [1.82, 2.24) is 15.3 Å². The number of rotatable bonds is 10. The van der Waals surface area contributed by atoms with Gasteiger partial charge in [0.25, 0.3) is 0 Å². The van der Waals surface area contributed by atoms with Gasteiger partial charge in [0.2, 0.25) is 5.91 Å². The van der Waals surface area contributed by atoms with Crippen LogP contribution in [-0.4, -0.2) is 35.6 Å². The Hall–Kier alpha value is -5.36. The third-order valence-electron chi connectivity index (χ3n) is 7.47. The zero-order chi connectivity index (χ0) is 30.1. The lowest BCUT2D eigenvalue weighted by molar-refractivity contribution is -0.116. The second kappa shape index (κ2) is 13.7. The zero-order valence-electron chi connectivity index (χ0n) is 24.8. The third-order valence-corrected chi connectivity index (χ3v) is 7.47. The van der Waals surface area contributed by atoms with Gasteiger partial charge in [-0.2, -0.15) is 0 Å². The second-order valence-corrected chi connectivity index (χ2v) is 10.6. The molecule has 6 nitrogen and oxygen atoms in total. The zero-order valence-corrected chi connectivity index (χ0v) is 24.8. The number of H-pyrrole nitrogens is 1. The second-order valence-electron chi connectivity index (χ2n) is 10.6. The van der Waals surface area contributed by atoms with Crippen LogP contribution in [0.3, 0.4) is 0 Å². The molecule has 2 heterocycles. The molecular weight excluding hydrogens is 546 g/mol. The molecule has 0 radical (unpaired) electrons. The number of aromatic amines is 1. The van der Waals surface area contributed by atoms with Crippen LogP contribution in [0.1, 0.15) is 30.0 Å². The molecule has 0 saturated carbocycles. The van der Waals surface area contributed by atoms with Gasteiger partial charge in [-0.05, 0) is 60.7 Å². The summed E-state index contributed by atoms with van der Waals surface area (Å²) in [6, 6.07) is 32.7. The first-order valence-corrected chi connectivity index (χ1v) is 15.0. The number of hydrogen-bond donors (Lipinski definition) is 2. The van der Waals surface area contributed by atoms with Crippen LogP contribution in [0.2, 0.25) is 0 Å². The molecule has 1 amide bonds. The van der Waals surface area contributed by atoms with E-state index < -0.39 is 0 Å². The van der Waals surface area contributed by atoms with E-state index in [0.29, 0.717) is 19.8 Å². The summed E-state index contributed by atoms with van der Waals surface area (Å²) in [6.07, 6.45) is 9.37. The summed E-state index contributed by atoms with van der Waals surface area (Å²) in [6.45, 7) is 3.73. The number of ether oxygens (including phenoxy) is 2. The molecule has 1 aromatic heterocycles. The number of fused-ring (bicyclic) bond motifs is 1. The van der Waals surface area contributed by atoms with E-state index >= 15 is 0 Å². The fourth-order valence-corrected chi connectivity index (χ4v) is 5.20. The summed E-state index contributed by atoms with van der Waals surface area (Å²) in [5, 5.41) is 2.97. The molecular formula is C38H35N3O3. The van der Waals surface area contributed by atoms with E-state index in [1.807, 2.05) is 79.7 Å². The van der Waals surface area contributed by atoms with Crippen molar-refractivity contribution >= 4 is 18.1 Å². The summed E-state index contributed by atoms with van der Waals surface area (Å²) in [5.74, 6) is 2.12. The van der Waals surface area contributed by atoms with Gasteiger partial charge in [0.05, 0.1) is 11.4 Å². The summed E-state index contributed by atoms with van der Waals surface area (Å²) in [4.78, 5) is 21.0. The molecule has 0 bridgehead atoms. The van der Waals surface area contributed by atoms with Gasteiger partial charge in [0.1, 0.15) is 19.0 Å². The van der Waals surface area contributed by atoms with Crippen LogP contribution in [0.4, 0.5) is 0 Å². The Morgan fingerprint density at radius 3 is 2.25 bits per heavy atom. The van der Waals surface area contributed by atoms with Gasteiger partial charge in [-0.3, -0.25) is 4.79 Å². The summed E-state index contributed by atoms with van der Waals surface area (Å²) in [5.41, 5.74) is 8.06. The highest BCUT2D eigenvalue weighted by atomic mass is 16.6. The number of aromatic nitrogens is 2. The number of carbonyl (C=O) groups is 1. The molecule has 0 saturated heterocycles. The van der Waals surface area contributed by atoms with Crippen molar-refractivity contribution in [3.63, 3.8) is 0 Å². The molecule has 0 atom stereocenters. The van der Waals surface area contributed by atoms with Crippen molar-refractivity contribution in [3.8, 4) is 45.4 Å². The van der Waals surface area contributed by atoms with Crippen LogP contribution >= 0.6 is 0 Å².